The summed E-state index contributed by atoms with van der Waals surface area (Å²) < 4.78 is 27.3. The van der Waals surface area contributed by atoms with Gasteiger partial charge < -0.3 is 23.7 Å². The molecular weight excluding hydrogens is 462 g/mol. The van der Waals surface area contributed by atoms with Crippen molar-refractivity contribution in [3.8, 4) is 23.0 Å². The molecule has 3 aromatic rings. The summed E-state index contributed by atoms with van der Waals surface area (Å²) in [5.74, 6) is 0.771. The highest BCUT2D eigenvalue weighted by Crippen LogP contribution is 2.32. The van der Waals surface area contributed by atoms with Crippen LogP contribution in [0.15, 0.2) is 77.4 Å². The second-order valence-electron chi connectivity index (χ2n) is 7.52. The van der Waals surface area contributed by atoms with E-state index in [4.69, 9.17) is 23.7 Å². The van der Waals surface area contributed by atoms with Crippen LogP contribution in [0.1, 0.15) is 35.3 Å². The van der Waals surface area contributed by atoms with Crippen LogP contribution in [-0.2, 0) is 9.53 Å². The molecule has 0 N–H and O–H groups in total. The Kier molecular flexibility index (Phi) is 7.65. The van der Waals surface area contributed by atoms with E-state index >= 15 is 0 Å². The molecule has 0 atom stereocenters. The lowest BCUT2D eigenvalue weighted by molar-refractivity contribution is -0.129. The lowest BCUT2D eigenvalue weighted by atomic mass is 10.1. The molecule has 8 heteroatoms. The molecule has 0 fully saturated rings. The number of nitrogens with zero attached hydrogens (tertiary/aromatic N) is 1. The molecule has 0 saturated carbocycles. The number of aliphatic imine (C=N–C) groups is 1. The highest BCUT2D eigenvalue weighted by molar-refractivity contribution is 6.12. The van der Waals surface area contributed by atoms with Crippen LogP contribution in [0.5, 0.6) is 23.0 Å². The Balaban J connectivity index is 1.57. The van der Waals surface area contributed by atoms with Gasteiger partial charge in [-0.3, -0.25) is 0 Å². The Morgan fingerprint density at radius 1 is 0.917 bits per heavy atom. The first-order valence-corrected chi connectivity index (χ1v) is 11.4. The topological polar surface area (TPSA) is 92.7 Å². The van der Waals surface area contributed by atoms with Gasteiger partial charge in [0.1, 0.15) is 17.1 Å². The summed E-state index contributed by atoms with van der Waals surface area (Å²) in [6.07, 6.45) is 1.58. The molecule has 1 heterocycles. The minimum absolute atomic E-state index is 0.139. The van der Waals surface area contributed by atoms with Crippen LogP contribution in [0, 0.1) is 0 Å². The summed E-state index contributed by atoms with van der Waals surface area (Å²) in [7, 11) is 1.48. The maximum atomic E-state index is 12.7. The predicted molar refractivity (Wildman–Crippen MR) is 134 cm³/mol. The van der Waals surface area contributed by atoms with E-state index in [2.05, 4.69) is 4.99 Å². The second kappa shape index (κ2) is 11.2. The lowest BCUT2D eigenvalue weighted by Gasteiger charge is -2.12. The Morgan fingerprint density at radius 3 is 2.39 bits per heavy atom. The number of methoxy groups -OCH3 is 1. The van der Waals surface area contributed by atoms with Crippen LogP contribution in [0.4, 0.5) is 0 Å². The van der Waals surface area contributed by atoms with Gasteiger partial charge in [0.2, 0.25) is 5.90 Å². The molecule has 36 heavy (non-hydrogen) atoms. The van der Waals surface area contributed by atoms with Gasteiger partial charge in [-0.05, 0) is 74.0 Å². The summed E-state index contributed by atoms with van der Waals surface area (Å²) >= 11 is 0. The molecule has 1 aliphatic heterocycles. The van der Waals surface area contributed by atoms with Crippen LogP contribution >= 0.6 is 0 Å². The van der Waals surface area contributed by atoms with E-state index in [9.17, 15) is 9.59 Å². The number of cyclic esters (lactones) is 1. The zero-order valence-corrected chi connectivity index (χ0v) is 20.1. The van der Waals surface area contributed by atoms with Crippen LogP contribution in [-0.4, -0.2) is 38.2 Å². The molecule has 1 aliphatic rings. The fourth-order valence-electron chi connectivity index (χ4n) is 3.49. The molecule has 184 valence electrons. The summed E-state index contributed by atoms with van der Waals surface area (Å²) in [6, 6.07) is 18.9. The molecule has 0 saturated heterocycles. The molecular formula is C28H25NO7. The second-order valence-corrected chi connectivity index (χ2v) is 7.52. The van der Waals surface area contributed by atoms with Gasteiger partial charge in [-0.25, -0.2) is 14.6 Å². The van der Waals surface area contributed by atoms with E-state index in [1.54, 1.807) is 72.8 Å². The van der Waals surface area contributed by atoms with Gasteiger partial charge in [-0.1, -0.05) is 18.2 Å². The molecule has 0 radical (unpaired) electrons. The molecule has 8 nitrogen and oxygen atoms in total. The minimum Gasteiger partial charge on any atom is -0.496 e. The molecule has 0 aliphatic carbocycles. The number of ether oxygens (including phenoxy) is 5. The monoisotopic (exact) mass is 487 g/mol. The number of esters is 2. The average molecular weight is 488 g/mol. The minimum atomic E-state index is -0.580. The summed E-state index contributed by atoms with van der Waals surface area (Å²) in [5, 5.41) is 0. The number of carbonyl (C=O) groups excluding carboxylic acids is 2. The smallest absolute Gasteiger partial charge is 0.363 e. The van der Waals surface area contributed by atoms with Gasteiger partial charge in [-0.2, -0.15) is 0 Å². The lowest BCUT2D eigenvalue weighted by Crippen LogP contribution is -2.11. The van der Waals surface area contributed by atoms with Gasteiger partial charge in [0, 0.05) is 5.56 Å². The largest absolute Gasteiger partial charge is 0.496 e. The summed E-state index contributed by atoms with van der Waals surface area (Å²) in [4.78, 5) is 29.5. The van der Waals surface area contributed by atoms with Crippen molar-refractivity contribution in [1.82, 2.24) is 0 Å². The van der Waals surface area contributed by atoms with Crippen molar-refractivity contribution < 1.29 is 33.3 Å². The van der Waals surface area contributed by atoms with E-state index < -0.39 is 11.9 Å². The van der Waals surface area contributed by atoms with E-state index in [1.807, 2.05) is 13.8 Å². The molecule has 0 amide bonds. The molecule has 0 aromatic heterocycles. The highest BCUT2D eigenvalue weighted by Gasteiger charge is 2.24. The van der Waals surface area contributed by atoms with Crippen molar-refractivity contribution in [2.45, 2.75) is 13.8 Å². The Hall–Kier alpha value is -4.59. The van der Waals surface area contributed by atoms with Crippen molar-refractivity contribution in [1.29, 1.82) is 0 Å². The van der Waals surface area contributed by atoms with Crippen LogP contribution in [0.2, 0.25) is 0 Å². The Bertz CT molecular complexity index is 1330. The highest BCUT2D eigenvalue weighted by atomic mass is 16.6. The van der Waals surface area contributed by atoms with E-state index in [1.165, 1.54) is 7.11 Å². The van der Waals surface area contributed by atoms with Crippen LogP contribution in [0.3, 0.4) is 0 Å². The maximum Gasteiger partial charge on any atom is 0.363 e. The van der Waals surface area contributed by atoms with E-state index in [0.717, 1.165) is 5.75 Å². The quantitative estimate of drug-likeness (QED) is 0.237. The first kappa shape index (κ1) is 24.5. The summed E-state index contributed by atoms with van der Waals surface area (Å²) in [6.45, 7) is 4.63. The standard InChI is InChI=1S/C28H25NO7/c1-4-33-20-13-11-19(12-14-20)26-29-22(28(31)36-26)16-18-10-15-24(25(17-18)34-5-2)35-27(30)21-8-6-7-9-23(21)32-3/h6-17H,4-5H2,1-3H3/b22-16+. The molecule has 3 aromatic carbocycles. The molecule has 0 spiro atoms. The van der Waals surface area contributed by atoms with E-state index in [-0.39, 0.29) is 17.3 Å². The van der Waals surface area contributed by atoms with Crippen molar-refractivity contribution in [2.75, 3.05) is 20.3 Å². The maximum absolute atomic E-state index is 12.7. The Labute approximate surface area is 208 Å². The zero-order chi connectivity index (χ0) is 25.5. The van der Waals surface area contributed by atoms with Gasteiger partial charge in [-0.15, -0.1) is 0 Å². The SMILES string of the molecule is CCOc1ccc(C2=N/C(=C/c3ccc(OC(=O)c4ccccc4OC)c(OCC)c3)C(=O)O2)cc1. The van der Waals surface area contributed by atoms with Crippen LogP contribution < -0.4 is 18.9 Å². The predicted octanol–water partition coefficient (Wildman–Crippen LogP) is 5.06. The number of rotatable bonds is 9. The molecule has 4 rings (SSSR count). The van der Waals surface area contributed by atoms with Gasteiger partial charge in [0.25, 0.3) is 0 Å². The summed E-state index contributed by atoms with van der Waals surface area (Å²) in [5.41, 5.74) is 1.71. The average Bonchev–Trinajstić information content (AvgIpc) is 3.26. The van der Waals surface area contributed by atoms with Crippen molar-refractivity contribution in [3.05, 3.63) is 89.1 Å². The van der Waals surface area contributed by atoms with Crippen LogP contribution in [0.25, 0.3) is 6.08 Å². The van der Waals surface area contributed by atoms with Crippen molar-refractivity contribution in [2.24, 2.45) is 4.99 Å². The number of para-hydroxylation sites is 1. The normalized spacial score (nSPS) is 13.7. The fourth-order valence-corrected chi connectivity index (χ4v) is 3.49. The fraction of sp³-hybridized carbons (Fsp3) is 0.179. The first-order valence-electron chi connectivity index (χ1n) is 11.4. The van der Waals surface area contributed by atoms with Gasteiger partial charge in [0.15, 0.2) is 17.2 Å². The van der Waals surface area contributed by atoms with Gasteiger partial charge in [0.05, 0.1) is 20.3 Å². The number of benzene rings is 3. The number of carbonyl (C=O) groups is 2. The van der Waals surface area contributed by atoms with Crippen molar-refractivity contribution >= 4 is 23.9 Å². The van der Waals surface area contributed by atoms with E-state index in [0.29, 0.717) is 41.4 Å². The van der Waals surface area contributed by atoms with Gasteiger partial charge >= 0.3 is 11.9 Å². The number of hydrogen-bond donors (Lipinski definition) is 0. The molecule has 0 unspecified atom stereocenters. The third kappa shape index (κ3) is 5.55. The van der Waals surface area contributed by atoms with Crippen molar-refractivity contribution in [3.63, 3.8) is 0 Å². The molecule has 0 bridgehead atoms. The first-order chi connectivity index (χ1) is 17.5. The third-order valence-electron chi connectivity index (χ3n) is 5.13. The third-order valence-corrected chi connectivity index (χ3v) is 5.13. The Morgan fingerprint density at radius 2 is 1.67 bits per heavy atom. The number of hydrogen-bond acceptors (Lipinski definition) is 8. The zero-order valence-electron chi connectivity index (χ0n) is 20.1.